The van der Waals surface area contributed by atoms with Crippen LogP contribution < -0.4 is 0 Å². The highest BCUT2D eigenvalue weighted by atomic mass is 16.5. The van der Waals surface area contributed by atoms with Crippen molar-refractivity contribution in [2.45, 2.75) is 31.9 Å². The van der Waals surface area contributed by atoms with Crippen molar-refractivity contribution in [1.82, 2.24) is 9.47 Å². The van der Waals surface area contributed by atoms with Crippen molar-refractivity contribution in [2.24, 2.45) is 5.92 Å². The molecule has 4 nitrogen and oxygen atoms in total. The molecule has 1 aromatic heterocycles. The van der Waals surface area contributed by atoms with Gasteiger partial charge in [-0.1, -0.05) is 0 Å². The zero-order valence-electron chi connectivity index (χ0n) is 10.6. The van der Waals surface area contributed by atoms with Gasteiger partial charge in [-0.05, 0) is 37.3 Å². The molecule has 1 aliphatic carbocycles. The summed E-state index contributed by atoms with van der Waals surface area (Å²) < 4.78 is 7.76. The van der Waals surface area contributed by atoms with Gasteiger partial charge in [-0.3, -0.25) is 4.79 Å². The van der Waals surface area contributed by atoms with Crippen LogP contribution in [-0.4, -0.2) is 41.2 Å². The van der Waals surface area contributed by atoms with E-state index in [9.17, 15) is 4.79 Å². The van der Waals surface area contributed by atoms with Gasteiger partial charge < -0.3 is 14.2 Å². The number of amides is 1. The van der Waals surface area contributed by atoms with Crippen molar-refractivity contribution in [3.63, 3.8) is 0 Å². The molecule has 18 heavy (non-hydrogen) atoms. The van der Waals surface area contributed by atoms with Crippen LogP contribution in [0.5, 0.6) is 0 Å². The van der Waals surface area contributed by atoms with Crippen molar-refractivity contribution >= 4 is 5.91 Å². The van der Waals surface area contributed by atoms with Crippen LogP contribution in [0.1, 0.15) is 19.3 Å². The fraction of sp³-hybridized carbons (Fsp3) is 0.643. The van der Waals surface area contributed by atoms with E-state index >= 15 is 0 Å². The summed E-state index contributed by atoms with van der Waals surface area (Å²) in [5.41, 5.74) is 0. The van der Waals surface area contributed by atoms with Crippen molar-refractivity contribution in [3.8, 4) is 0 Å². The molecule has 1 amide bonds. The zero-order chi connectivity index (χ0) is 12.4. The molecule has 1 aromatic rings. The summed E-state index contributed by atoms with van der Waals surface area (Å²) in [7, 11) is 0. The SMILES string of the molecule is O=C(Cn1cccc1)N1CCC(OCC2CC2)C1. The second-order valence-electron chi connectivity index (χ2n) is 5.38. The first-order valence-electron chi connectivity index (χ1n) is 6.81. The molecule has 2 fully saturated rings. The number of carbonyl (C=O) groups excluding carboxylic acids is 1. The lowest BCUT2D eigenvalue weighted by Gasteiger charge is -2.17. The van der Waals surface area contributed by atoms with Crippen molar-refractivity contribution in [3.05, 3.63) is 24.5 Å². The lowest BCUT2D eigenvalue weighted by molar-refractivity contribution is -0.131. The molecule has 0 aromatic carbocycles. The molecular weight excluding hydrogens is 228 g/mol. The smallest absolute Gasteiger partial charge is 0.242 e. The molecule has 0 bridgehead atoms. The highest BCUT2D eigenvalue weighted by Gasteiger charge is 2.29. The number of hydrogen-bond donors (Lipinski definition) is 0. The molecular formula is C14H20N2O2. The van der Waals surface area contributed by atoms with Crippen LogP contribution in [0.3, 0.4) is 0 Å². The summed E-state index contributed by atoms with van der Waals surface area (Å²) >= 11 is 0. The number of rotatable bonds is 5. The fourth-order valence-electron chi connectivity index (χ4n) is 2.38. The number of aromatic nitrogens is 1. The van der Waals surface area contributed by atoms with Crippen LogP contribution in [-0.2, 0) is 16.1 Å². The molecule has 98 valence electrons. The zero-order valence-corrected chi connectivity index (χ0v) is 10.6. The Bertz CT molecular complexity index is 398. The maximum atomic E-state index is 12.1. The average Bonchev–Trinajstić information content (AvgIpc) is 2.88. The minimum Gasteiger partial charge on any atom is -0.376 e. The molecule has 2 heterocycles. The van der Waals surface area contributed by atoms with Gasteiger partial charge in [0.15, 0.2) is 0 Å². The van der Waals surface area contributed by atoms with Crippen molar-refractivity contribution in [2.75, 3.05) is 19.7 Å². The van der Waals surface area contributed by atoms with Crippen LogP contribution >= 0.6 is 0 Å². The van der Waals surface area contributed by atoms with E-state index < -0.39 is 0 Å². The minimum atomic E-state index is 0.198. The van der Waals surface area contributed by atoms with E-state index in [-0.39, 0.29) is 12.0 Å². The third-order valence-corrected chi connectivity index (χ3v) is 3.75. The first-order chi connectivity index (χ1) is 8.81. The Morgan fingerprint density at radius 2 is 2.00 bits per heavy atom. The van der Waals surface area contributed by atoms with Crippen molar-refractivity contribution in [1.29, 1.82) is 0 Å². The molecule has 0 radical (unpaired) electrons. The van der Waals surface area contributed by atoms with Gasteiger partial charge in [0.05, 0.1) is 6.10 Å². The number of nitrogens with zero attached hydrogens (tertiary/aromatic N) is 2. The van der Waals surface area contributed by atoms with Crippen LogP contribution in [0.25, 0.3) is 0 Å². The van der Waals surface area contributed by atoms with Crippen LogP contribution in [0, 0.1) is 5.92 Å². The quantitative estimate of drug-likeness (QED) is 0.791. The van der Waals surface area contributed by atoms with Gasteiger partial charge in [0.1, 0.15) is 6.54 Å². The van der Waals surface area contributed by atoms with Crippen LogP contribution in [0.4, 0.5) is 0 Å². The number of ether oxygens (including phenoxy) is 1. The Morgan fingerprint density at radius 3 is 2.72 bits per heavy atom. The fourth-order valence-corrected chi connectivity index (χ4v) is 2.38. The van der Waals surface area contributed by atoms with Crippen molar-refractivity contribution < 1.29 is 9.53 Å². The summed E-state index contributed by atoms with van der Waals surface area (Å²) in [6.45, 7) is 2.95. The predicted octanol–water partition coefficient (Wildman–Crippen LogP) is 1.52. The third-order valence-electron chi connectivity index (χ3n) is 3.75. The van der Waals surface area contributed by atoms with E-state index in [0.717, 1.165) is 32.0 Å². The molecule has 2 aliphatic rings. The van der Waals surface area contributed by atoms with Gasteiger partial charge >= 0.3 is 0 Å². The molecule has 1 saturated heterocycles. The highest BCUT2D eigenvalue weighted by Crippen LogP contribution is 2.30. The topological polar surface area (TPSA) is 34.5 Å². The first-order valence-corrected chi connectivity index (χ1v) is 6.81. The van der Waals surface area contributed by atoms with E-state index in [4.69, 9.17) is 4.74 Å². The van der Waals surface area contributed by atoms with E-state index in [0.29, 0.717) is 6.54 Å². The monoisotopic (exact) mass is 248 g/mol. The Kier molecular flexibility index (Phi) is 3.37. The van der Waals surface area contributed by atoms with E-state index in [2.05, 4.69) is 0 Å². The summed E-state index contributed by atoms with van der Waals surface area (Å²) in [4.78, 5) is 14.0. The lowest BCUT2D eigenvalue weighted by Crippen LogP contribution is -2.32. The molecule has 1 saturated carbocycles. The maximum Gasteiger partial charge on any atom is 0.242 e. The summed E-state index contributed by atoms with van der Waals surface area (Å²) in [5, 5.41) is 0. The third kappa shape index (κ3) is 2.93. The van der Waals surface area contributed by atoms with Gasteiger partial charge in [-0.25, -0.2) is 0 Å². The molecule has 1 atom stereocenters. The summed E-state index contributed by atoms with van der Waals surface area (Å²) in [6.07, 6.45) is 7.75. The Morgan fingerprint density at radius 1 is 1.22 bits per heavy atom. The van der Waals surface area contributed by atoms with Crippen LogP contribution in [0.2, 0.25) is 0 Å². The predicted molar refractivity (Wildman–Crippen MR) is 68.1 cm³/mol. The molecule has 0 spiro atoms. The standard InChI is InChI=1S/C14H20N2O2/c17-14(10-15-6-1-2-7-15)16-8-5-13(9-16)18-11-12-3-4-12/h1-2,6-7,12-13H,3-5,8-11H2. The van der Waals surface area contributed by atoms with Gasteiger partial charge in [0, 0.05) is 32.1 Å². The van der Waals surface area contributed by atoms with E-state index in [1.54, 1.807) is 0 Å². The Labute approximate surface area is 108 Å². The average molecular weight is 248 g/mol. The number of likely N-dealkylation sites (tertiary alicyclic amines) is 1. The van der Waals surface area contributed by atoms with Gasteiger partial charge in [-0.15, -0.1) is 0 Å². The Balaban J connectivity index is 1.44. The summed E-state index contributed by atoms with van der Waals surface area (Å²) in [6, 6.07) is 3.89. The molecule has 1 unspecified atom stereocenters. The lowest BCUT2D eigenvalue weighted by atomic mass is 10.3. The summed E-state index contributed by atoms with van der Waals surface area (Å²) in [5.74, 6) is 0.998. The molecule has 4 heteroatoms. The second-order valence-corrected chi connectivity index (χ2v) is 5.38. The molecule has 0 N–H and O–H groups in total. The van der Waals surface area contributed by atoms with E-state index in [1.165, 1.54) is 12.8 Å². The van der Waals surface area contributed by atoms with Gasteiger partial charge in [-0.2, -0.15) is 0 Å². The first kappa shape index (κ1) is 11.8. The minimum absolute atomic E-state index is 0.198. The normalized spacial score (nSPS) is 23.6. The molecule has 3 rings (SSSR count). The van der Waals surface area contributed by atoms with Crippen LogP contribution in [0.15, 0.2) is 24.5 Å². The second kappa shape index (κ2) is 5.14. The highest BCUT2D eigenvalue weighted by molar-refractivity contribution is 5.76. The van der Waals surface area contributed by atoms with Gasteiger partial charge in [0.25, 0.3) is 0 Å². The largest absolute Gasteiger partial charge is 0.376 e. The van der Waals surface area contributed by atoms with E-state index in [1.807, 2.05) is 34.0 Å². The maximum absolute atomic E-state index is 12.1. The Hall–Kier alpha value is -1.29. The number of carbonyl (C=O) groups is 1. The van der Waals surface area contributed by atoms with Gasteiger partial charge in [0.2, 0.25) is 5.91 Å². The molecule has 1 aliphatic heterocycles. The number of hydrogen-bond acceptors (Lipinski definition) is 2.